The van der Waals surface area contributed by atoms with Crippen molar-refractivity contribution >= 4 is 23.4 Å². The van der Waals surface area contributed by atoms with Crippen LogP contribution < -0.4 is 0 Å². The Hall–Kier alpha value is -1.23. The maximum atomic E-state index is 5.04. The largest absolute Gasteiger partial charge is 0.331 e. The Morgan fingerprint density at radius 2 is 2.38 bits per heavy atom. The van der Waals surface area contributed by atoms with Crippen LogP contribution in [0.5, 0.6) is 0 Å². The molecule has 0 amide bonds. The van der Waals surface area contributed by atoms with E-state index in [9.17, 15) is 0 Å². The van der Waals surface area contributed by atoms with E-state index < -0.39 is 0 Å². The average molecular weight is 194 g/mol. The van der Waals surface area contributed by atoms with Crippen LogP contribution >= 0.6 is 12.2 Å². The lowest BCUT2D eigenvalue weighted by atomic mass is 10.5. The summed E-state index contributed by atoms with van der Waals surface area (Å²) in [5.41, 5.74) is 1.74. The number of aromatic amines is 1. The number of H-pyrrole nitrogens is 1. The van der Waals surface area contributed by atoms with E-state index in [1.807, 2.05) is 4.57 Å². The highest BCUT2D eigenvalue weighted by molar-refractivity contribution is 7.71. The molecule has 0 fully saturated rings. The molecule has 0 aliphatic rings. The summed E-state index contributed by atoms with van der Waals surface area (Å²) in [6, 6.07) is 0. The zero-order valence-corrected chi connectivity index (χ0v) is 8.14. The second-order valence-electron chi connectivity index (χ2n) is 2.84. The lowest BCUT2D eigenvalue weighted by Gasteiger charge is -1.99. The number of aromatic nitrogens is 4. The Morgan fingerprint density at radius 1 is 1.54 bits per heavy atom. The van der Waals surface area contributed by atoms with Crippen LogP contribution in [0.3, 0.4) is 0 Å². The fourth-order valence-electron chi connectivity index (χ4n) is 1.31. The highest BCUT2D eigenvalue weighted by Crippen LogP contribution is 2.09. The molecule has 5 heteroatoms. The number of rotatable bonds is 2. The Kier molecular flexibility index (Phi) is 2.10. The number of fused-ring (bicyclic) bond motifs is 1. The highest BCUT2D eigenvalue weighted by atomic mass is 32.1. The van der Waals surface area contributed by atoms with E-state index in [1.54, 1.807) is 12.7 Å². The Bertz CT molecular complexity index is 470. The number of hydrogen-bond acceptors (Lipinski definition) is 3. The number of nitrogens with one attached hydrogen (secondary N) is 1. The number of imidazole rings is 1. The van der Waals surface area contributed by atoms with Crippen molar-refractivity contribution in [3.05, 3.63) is 17.3 Å². The van der Waals surface area contributed by atoms with Gasteiger partial charge >= 0.3 is 0 Å². The summed E-state index contributed by atoms with van der Waals surface area (Å²) in [5, 5.41) is 0. The molecule has 0 aliphatic heterocycles. The first kappa shape index (κ1) is 8.37. The van der Waals surface area contributed by atoms with Gasteiger partial charge in [-0.25, -0.2) is 9.97 Å². The van der Waals surface area contributed by atoms with Gasteiger partial charge in [-0.2, -0.15) is 0 Å². The van der Waals surface area contributed by atoms with Gasteiger partial charge in [0.05, 0.1) is 12.7 Å². The van der Waals surface area contributed by atoms with Crippen LogP contribution in [0.15, 0.2) is 12.7 Å². The van der Waals surface area contributed by atoms with E-state index in [-0.39, 0.29) is 0 Å². The maximum absolute atomic E-state index is 5.04. The van der Waals surface area contributed by atoms with Gasteiger partial charge in [0.25, 0.3) is 0 Å². The van der Waals surface area contributed by atoms with Crippen molar-refractivity contribution < 1.29 is 0 Å². The van der Waals surface area contributed by atoms with Gasteiger partial charge in [0.1, 0.15) is 11.2 Å². The van der Waals surface area contributed by atoms with Crippen molar-refractivity contribution in [3.8, 4) is 0 Å². The SMILES string of the molecule is CCCn1cnc2c(=S)nc[nH]c21. The summed E-state index contributed by atoms with van der Waals surface area (Å²) in [7, 11) is 0. The van der Waals surface area contributed by atoms with Gasteiger partial charge in [-0.1, -0.05) is 19.1 Å². The topological polar surface area (TPSA) is 46.5 Å². The molecule has 0 unspecified atom stereocenters. The third-order valence-electron chi connectivity index (χ3n) is 1.89. The molecule has 0 spiro atoms. The first-order valence-electron chi connectivity index (χ1n) is 4.21. The number of aryl methyl sites for hydroxylation is 1. The minimum atomic E-state index is 0.559. The van der Waals surface area contributed by atoms with Crippen LogP contribution in [0.4, 0.5) is 0 Å². The monoisotopic (exact) mass is 194 g/mol. The summed E-state index contributed by atoms with van der Waals surface area (Å²) in [4.78, 5) is 11.2. The molecule has 13 heavy (non-hydrogen) atoms. The summed E-state index contributed by atoms with van der Waals surface area (Å²) >= 11 is 5.04. The smallest absolute Gasteiger partial charge is 0.157 e. The van der Waals surface area contributed by atoms with E-state index in [2.05, 4.69) is 21.9 Å². The lowest BCUT2D eigenvalue weighted by Crippen LogP contribution is -1.95. The van der Waals surface area contributed by atoms with E-state index >= 15 is 0 Å². The molecule has 0 saturated heterocycles. The van der Waals surface area contributed by atoms with Gasteiger partial charge in [-0.05, 0) is 6.42 Å². The van der Waals surface area contributed by atoms with Crippen LogP contribution in [-0.4, -0.2) is 19.5 Å². The van der Waals surface area contributed by atoms with E-state index in [4.69, 9.17) is 12.2 Å². The van der Waals surface area contributed by atoms with Gasteiger partial charge in [-0.15, -0.1) is 0 Å². The van der Waals surface area contributed by atoms with E-state index in [0.717, 1.165) is 24.1 Å². The van der Waals surface area contributed by atoms with Crippen molar-refractivity contribution in [3.63, 3.8) is 0 Å². The molecular formula is C8H10N4S. The third-order valence-corrected chi connectivity index (χ3v) is 2.19. The Balaban J connectivity index is 2.68. The molecule has 0 radical (unpaired) electrons. The maximum Gasteiger partial charge on any atom is 0.157 e. The summed E-state index contributed by atoms with van der Waals surface area (Å²) in [6.45, 7) is 3.08. The molecule has 2 heterocycles. The standard InChI is InChI=1S/C8H10N4S/c1-2-3-12-5-11-6-7(12)9-4-10-8(6)13/h4-5H,2-3H2,1H3,(H,9,10,13). The van der Waals surface area contributed by atoms with Crippen LogP contribution in [0.2, 0.25) is 0 Å². The highest BCUT2D eigenvalue weighted by Gasteiger charge is 2.02. The van der Waals surface area contributed by atoms with Crippen molar-refractivity contribution in [1.29, 1.82) is 0 Å². The third kappa shape index (κ3) is 1.35. The molecule has 1 N–H and O–H groups in total. The zero-order valence-electron chi connectivity index (χ0n) is 7.32. The number of nitrogens with zero attached hydrogens (tertiary/aromatic N) is 3. The van der Waals surface area contributed by atoms with Crippen molar-refractivity contribution in [2.24, 2.45) is 0 Å². The molecule has 0 aliphatic carbocycles. The van der Waals surface area contributed by atoms with Crippen LogP contribution in [0.25, 0.3) is 11.2 Å². The molecule has 2 aromatic heterocycles. The molecule has 68 valence electrons. The molecule has 0 aromatic carbocycles. The summed E-state index contributed by atoms with van der Waals surface area (Å²) in [5.74, 6) is 0. The minimum absolute atomic E-state index is 0.559. The summed E-state index contributed by atoms with van der Waals surface area (Å²) < 4.78 is 2.61. The Morgan fingerprint density at radius 3 is 3.15 bits per heavy atom. The van der Waals surface area contributed by atoms with Gasteiger partial charge in [-0.3, -0.25) is 0 Å². The number of hydrogen-bond donors (Lipinski definition) is 1. The van der Waals surface area contributed by atoms with Gasteiger partial charge in [0.15, 0.2) is 4.64 Å². The van der Waals surface area contributed by atoms with Crippen molar-refractivity contribution in [2.45, 2.75) is 19.9 Å². The van der Waals surface area contributed by atoms with Crippen molar-refractivity contribution in [1.82, 2.24) is 19.5 Å². The van der Waals surface area contributed by atoms with Gasteiger partial charge in [0.2, 0.25) is 0 Å². The Labute approximate surface area is 80.6 Å². The lowest BCUT2D eigenvalue weighted by molar-refractivity contribution is 0.691. The molecule has 0 saturated carbocycles. The molecule has 2 aromatic rings. The molecule has 2 rings (SSSR count). The average Bonchev–Trinajstić information content (AvgIpc) is 2.51. The fourth-order valence-corrected chi connectivity index (χ4v) is 1.52. The fraction of sp³-hybridized carbons (Fsp3) is 0.375. The first-order chi connectivity index (χ1) is 6.33. The van der Waals surface area contributed by atoms with Gasteiger partial charge in [0, 0.05) is 6.54 Å². The van der Waals surface area contributed by atoms with Crippen molar-refractivity contribution in [2.75, 3.05) is 0 Å². The van der Waals surface area contributed by atoms with E-state index in [0.29, 0.717) is 4.64 Å². The predicted octanol–water partition coefficient (Wildman–Crippen LogP) is 1.90. The normalized spacial score (nSPS) is 10.8. The molecule has 4 nitrogen and oxygen atoms in total. The minimum Gasteiger partial charge on any atom is -0.331 e. The van der Waals surface area contributed by atoms with Gasteiger partial charge < -0.3 is 9.55 Å². The van der Waals surface area contributed by atoms with Crippen LogP contribution in [0, 0.1) is 4.64 Å². The first-order valence-corrected chi connectivity index (χ1v) is 4.62. The second-order valence-corrected chi connectivity index (χ2v) is 3.23. The van der Waals surface area contributed by atoms with E-state index in [1.165, 1.54) is 0 Å². The van der Waals surface area contributed by atoms with Crippen LogP contribution in [-0.2, 0) is 6.54 Å². The summed E-state index contributed by atoms with van der Waals surface area (Å²) in [6.07, 6.45) is 4.48. The molecule has 0 bridgehead atoms. The van der Waals surface area contributed by atoms with Crippen LogP contribution in [0.1, 0.15) is 13.3 Å². The molecule has 0 atom stereocenters. The molecular weight excluding hydrogens is 184 g/mol. The second kappa shape index (κ2) is 3.26. The predicted molar refractivity (Wildman–Crippen MR) is 53.0 cm³/mol. The zero-order chi connectivity index (χ0) is 9.26. The quantitative estimate of drug-likeness (QED) is 0.743.